The summed E-state index contributed by atoms with van der Waals surface area (Å²) in [6, 6.07) is 9.31. The van der Waals surface area contributed by atoms with E-state index in [0.29, 0.717) is 35.7 Å². The van der Waals surface area contributed by atoms with Crippen molar-refractivity contribution in [2.75, 3.05) is 0 Å². The Morgan fingerprint density at radius 1 is 1.07 bits per heavy atom. The first-order chi connectivity index (χ1) is 13.5. The van der Waals surface area contributed by atoms with Crippen LogP contribution in [0.25, 0.3) is 0 Å². The first-order valence-electron chi connectivity index (χ1n) is 11.0. The molecule has 1 N–H and O–H groups in total. The smallest absolute Gasteiger partial charge is 0.177 e. The number of hydrogen-bond donors (Lipinski definition) is 1. The maximum Gasteiger partial charge on any atom is 0.177 e. The van der Waals surface area contributed by atoms with Crippen LogP contribution in [0.1, 0.15) is 62.2 Å². The Morgan fingerprint density at radius 2 is 1.86 bits per heavy atom. The minimum Gasteiger partial charge on any atom is -0.393 e. The number of carbonyl (C=O) groups is 2. The van der Waals surface area contributed by atoms with E-state index in [9.17, 15) is 14.7 Å². The van der Waals surface area contributed by atoms with Gasteiger partial charge < -0.3 is 5.11 Å². The molecular weight excluding hydrogens is 348 g/mol. The third-order valence-electron chi connectivity index (χ3n) is 8.69. The SMILES string of the molecule is CC12CCC3C4CCC(=O)C(C(=O)c5ccccc5)C4=CCC3C1CCC2O. The zero-order chi connectivity index (χ0) is 19.5. The predicted octanol–water partition coefficient (Wildman–Crippen LogP) is 4.60. The van der Waals surface area contributed by atoms with E-state index in [1.54, 1.807) is 0 Å². The maximum atomic E-state index is 13.2. The molecule has 0 bridgehead atoms. The van der Waals surface area contributed by atoms with Gasteiger partial charge in [0.2, 0.25) is 0 Å². The zero-order valence-electron chi connectivity index (χ0n) is 16.6. The summed E-state index contributed by atoms with van der Waals surface area (Å²) in [6.45, 7) is 2.29. The van der Waals surface area contributed by atoms with Gasteiger partial charge in [0, 0.05) is 12.0 Å². The monoisotopic (exact) mass is 378 g/mol. The summed E-state index contributed by atoms with van der Waals surface area (Å²) in [4.78, 5) is 26.0. The fraction of sp³-hybridized carbons (Fsp3) is 0.600. The van der Waals surface area contributed by atoms with E-state index in [-0.39, 0.29) is 23.1 Å². The van der Waals surface area contributed by atoms with Crippen molar-refractivity contribution in [1.82, 2.24) is 0 Å². The minimum absolute atomic E-state index is 0.0167. The van der Waals surface area contributed by atoms with Gasteiger partial charge in [-0.25, -0.2) is 0 Å². The van der Waals surface area contributed by atoms with Gasteiger partial charge in [0.05, 0.1) is 6.10 Å². The van der Waals surface area contributed by atoms with Gasteiger partial charge in [0.15, 0.2) is 5.78 Å². The molecular formula is C25H30O3. The number of rotatable bonds is 2. The lowest BCUT2D eigenvalue weighted by Crippen LogP contribution is -2.49. The van der Waals surface area contributed by atoms with Crippen molar-refractivity contribution in [3.63, 3.8) is 0 Å². The highest BCUT2D eigenvalue weighted by atomic mass is 16.3. The van der Waals surface area contributed by atoms with Gasteiger partial charge in [-0.05, 0) is 67.6 Å². The highest BCUT2D eigenvalue weighted by Crippen LogP contribution is 2.61. The summed E-state index contributed by atoms with van der Waals surface area (Å²) < 4.78 is 0. The lowest BCUT2D eigenvalue weighted by atomic mass is 9.51. The average Bonchev–Trinajstić information content (AvgIpc) is 3.02. The second-order valence-corrected chi connectivity index (χ2v) is 9.79. The van der Waals surface area contributed by atoms with E-state index in [1.165, 1.54) is 0 Å². The lowest BCUT2D eigenvalue weighted by Gasteiger charge is -2.53. The molecule has 4 aliphatic carbocycles. The summed E-state index contributed by atoms with van der Waals surface area (Å²) in [5.74, 6) is 1.65. The number of hydrogen-bond acceptors (Lipinski definition) is 3. The molecule has 3 saturated carbocycles. The van der Waals surface area contributed by atoms with Crippen LogP contribution in [0.2, 0.25) is 0 Å². The molecule has 5 rings (SSSR count). The molecule has 0 saturated heterocycles. The third kappa shape index (κ3) is 2.58. The Morgan fingerprint density at radius 3 is 2.64 bits per heavy atom. The lowest BCUT2D eigenvalue weighted by molar-refractivity contribution is -0.123. The second kappa shape index (κ2) is 6.66. The van der Waals surface area contributed by atoms with E-state index in [1.807, 2.05) is 30.3 Å². The summed E-state index contributed by atoms with van der Waals surface area (Å²) in [5, 5.41) is 10.6. The van der Waals surface area contributed by atoms with Gasteiger partial charge in [-0.2, -0.15) is 0 Å². The molecule has 0 aromatic heterocycles. The fourth-order valence-corrected chi connectivity index (χ4v) is 7.21. The van der Waals surface area contributed by atoms with Crippen LogP contribution in [-0.4, -0.2) is 22.8 Å². The summed E-state index contributed by atoms with van der Waals surface area (Å²) in [6.07, 6.45) is 8.74. The minimum atomic E-state index is -0.565. The van der Waals surface area contributed by atoms with Crippen molar-refractivity contribution >= 4 is 11.6 Å². The highest BCUT2D eigenvalue weighted by Gasteiger charge is 2.56. The molecule has 0 spiro atoms. The topological polar surface area (TPSA) is 54.4 Å². The Hall–Kier alpha value is -1.74. The molecule has 0 radical (unpaired) electrons. The molecule has 0 aliphatic heterocycles. The zero-order valence-corrected chi connectivity index (χ0v) is 16.6. The van der Waals surface area contributed by atoms with Crippen molar-refractivity contribution in [2.24, 2.45) is 35.0 Å². The standard InChI is InChI=1S/C25H30O3/c1-25-14-13-17-16-9-11-21(26)23(24(28)15-5-3-2-4-6-15)19(16)8-7-18(17)20(25)10-12-22(25)27/h2-6,8,16-18,20,22-23,27H,7,9-14H2,1H3. The highest BCUT2D eigenvalue weighted by molar-refractivity contribution is 6.13. The Labute approximate surface area is 167 Å². The van der Waals surface area contributed by atoms with E-state index < -0.39 is 5.92 Å². The quantitative estimate of drug-likeness (QED) is 0.465. The van der Waals surface area contributed by atoms with Crippen molar-refractivity contribution in [1.29, 1.82) is 0 Å². The van der Waals surface area contributed by atoms with Gasteiger partial charge in [-0.3, -0.25) is 9.59 Å². The molecule has 4 aliphatic rings. The molecule has 3 nitrogen and oxygen atoms in total. The number of ketones is 2. The molecule has 1 aromatic carbocycles. The molecule has 0 heterocycles. The molecule has 0 amide bonds. The largest absolute Gasteiger partial charge is 0.393 e. The predicted molar refractivity (Wildman–Crippen MR) is 108 cm³/mol. The number of Topliss-reactive ketones (excluding diaryl/α,β-unsaturated/α-hetero) is 2. The number of aliphatic hydroxyl groups is 1. The van der Waals surface area contributed by atoms with Crippen molar-refractivity contribution in [2.45, 2.75) is 58.0 Å². The van der Waals surface area contributed by atoms with Crippen LogP contribution in [0, 0.1) is 35.0 Å². The van der Waals surface area contributed by atoms with Gasteiger partial charge in [-0.1, -0.05) is 48.9 Å². The number of carbonyl (C=O) groups excluding carboxylic acids is 2. The first-order valence-corrected chi connectivity index (χ1v) is 11.0. The van der Waals surface area contributed by atoms with Crippen molar-refractivity contribution < 1.29 is 14.7 Å². The summed E-state index contributed by atoms with van der Waals surface area (Å²) in [7, 11) is 0. The number of allylic oxidation sites excluding steroid dienone is 2. The fourth-order valence-electron chi connectivity index (χ4n) is 7.21. The van der Waals surface area contributed by atoms with Crippen LogP contribution >= 0.6 is 0 Å². The Kier molecular flexibility index (Phi) is 4.35. The molecule has 7 atom stereocenters. The molecule has 148 valence electrons. The van der Waals surface area contributed by atoms with E-state index in [4.69, 9.17) is 0 Å². The molecule has 3 heteroatoms. The number of benzene rings is 1. The van der Waals surface area contributed by atoms with Gasteiger partial charge in [-0.15, -0.1) is 0 Å². The van der Waals surface area contributed by atoms with Crippen LogP contribution in [0.4, 0.5) is 0 Å². The Balaban J connectivity index is 1.47. The molecule has 1 aromatic rings. The van der Waals surface area contributed by atoms with E-state index in [0.717, 1.165) is 44.1 Å². The van der Waals surface area contributed by atoms with Gasteiger partial charge in [0.1, 0.15) is 11.7 Å². The number of aliphatic hydroxyl groups excluding tert-OH is 1. The van der Waals surface area contributed by atoms with Crippen molar-refractivity contribution in [3.05, 3.63) is 47.5 Å². The van der Waals surface area contributed by atoms with Crippen LogP contribution in [-0.2, 0) is 4.79 Å². The Bertz CT molecular complexity index is 825. The molecule has 3 fully saturated rings. The van der Waals surface area contributed by atoms with Crippen LogP contribution in [0.15, 0.2) is 42.0 Å². The second-order valence-electron chi connectivity index (χ2n) is 9.79. The maximum absolute atomic E-state index is 13.2. The number of fused-ring (bicyclic) bond motifs is 5. The molecule has 7 unspecified atom stereocenters. The normalized spacial score (nSPS) is 42.2. The van der Waals surface area contributed by atoms with Crippen LogP contribution < -0.4 is 0 Å². The summed E-state index contributed by atoms with van der Waals surface area (Å²) >= 11 is 0. The van der Waals surface area contributed by atoms with Crippen LogP contribution in [0.5, 0.6) is 0 Å². The third-order valence-corrected chi connectivity index (χ3v) is 8.69. The van der Waals surface area contributed by atoms with Gasteiger partial charge in [0.25, 0.3) is 0 Å². The summed E-state index contributed by atoms with van der Waals surface area (Å²) in [5.41, 5.74) is 1.84. The van der Waals surface area contributed by atoms with Crippen LogP contribution in [0.3, 0.4) is 0 Å². The van der Waals surface area contributed by atoms with Crippen molar-refractivity contribution in [3.8, 4) is 0 Å². The first kappa shape index (κ1) is 18.3. The van der Waals surface area contributed by atoms with E-state index >= 15 is 0 Å². The van der Waals surface area contributed by atoms with Gasteiger partial charge >= 0.3 is 0 Å². The molecule has 28 heavy (non-hydrogen) atoms. The van der Waals surface area contributed by atoms with E-state index in [2.05, 4.69) is 13.0 Å². The average molecular weight is 379 g/mol.